The number of anilines is 2. The molecule has 0 aliphatic carbocycles. The smallest absolute Gasteiger partial charge is 0.232 e. The van der Waals surface area contributed by atoms with Crippen molar-refractivity contribution in [1.29, 1.82) is 0 Å². The number of carbonyl (C=O) groups is 2. The van der Waals surface area contributed by atoms with Crippen LogP contribution < -0.4 is 10.6 Å². The Morgan fingerprint density at radius 2 is 2.09 bits per heavy atom. The van der Waals surface area contributed by atoms with E-state index in [2.05, 4.69) is 20.7 Å². The molecular formula is C15H17N5O2. The highest BCUT2D eigenvalue weighted by atomic mass is 16.2. The molecule has 1 aliphatic heterocycles. The Balaban J connectivity index is 1.66. The van der Waals surface area contributed by atoms with E-state index in [-0.39, 0.29) is 18.2 Å². The van der Waals surface area contributed by atoms with Gasteiger partial charge in [0.25, 0.3) is 0 Å². The van der Waals surface area contributed by atoms with E-state index in [0.29, 0.717) is 12.5 Å². The first kappa shape index (κ1) is 14.2. The van der Waals surface area contributed by atoms with E-state index in [4.69, 9.17) is 0 Å². The van der Waals surface area contributed by atoms with E-state index in [1.807, 2.05) is 32.0 Å². The Morgan fingerprint density at radius 1 is 1.36 bits per heavy atom. The average Bonchev–Trinajstić information content (AvgIpc) is 2.84. The zero-order chi connectivity index (χ0) is 15.7. The summed E-state index contributed by atoms with van der Waals surface area (Å²) in [7, 11) is 0. The van der Waals surface area contributed by atoms with Crippen molar-refractivity contribution in [2.45, 2.75) is 26.8 Å². The lowest BCUT2D eigenvalue weighted by Gasteiger charge is -2.21. The summed E-state index contributed by atoms with van der Waals surface area (Å²) in [6, 6.07) is 5.85. The minimum Gasteiger partial charge on any atom is -0.326 e. The Labute approximate surface area is 127 Å². The monoisotopic (exact) mass is 299 g/mol. The number of fused-ring (bicyclic) bond motifs is 1. The van der Waals surface area contributed by atoms with Crippen LogP contribution in [0.15, 0.2) is 24.5 Å². The maximum Gasteiger partial charge on any atom is 0.232 e. The van der Waals surface area contributed by atoms with E-state index in [1.54, 1.807) is 4.68 Å². The Bertz CT molecular complexity index is 717. The van der Waals surface area contributed by atoms with Crippen molar-refractivity contribution >= 4 is 23.5 Å². The highest BCUT2D eigenvalue weighted by molar-refractivity contribution is 5.98. The number of nitrogens with zero attached hydrogens (tertiary/aromatic N) is 3. The van der Waals surface area contributed by atoms with Gasteiger partial charge in [-0.05, 0) is 37.1 Å². The molecule has 2 aromatic rings. The summed E-state index contributed by atoms with van der Waals surface area (Å²) in [5.41, 5.74) is 2.91. The van der Waals surface area contributed by atoms with Gasteiger partial charge in [0.2, 0.25) is 17.8 Å². The SMILES string of the molecule is Cc1cc(C)cc(NC(=O)C[C@@H]2Cn3ncnc3NC2=O)c1. The van der Waals surface area contributed by atoms with Gasteiger partial charge in [-0.3, -0.25) is 14.9 Å². The van der Waals surface area contributed by atoms with Crippen molar-refractivity contribution in [3.05, 3.63) is 35.7 Å². The molecule has 3 rings (SSSR count). The first-order valence-corrected chi connectivity index (χ1v) is 7.08. The number of amides is 2. The van der Waals surface area contributed by atoms with E-state index < -0.39 is 5.92 Å². The summed E-state index contributed by atoms with van der Waals surface area (Å²) in [4.78, 5) is 28.1. The molecule has 1 aromatic heterocycles. The highest BCUT2D eigenvalue weighted by Crippen LogP contribution is 2.19. The maximum atomic E-state index is 12.2. The van der Waals surface area contributed by atoms with E-state index in [1.165, 1.54) is 6.33 Å². The first-order valence-electron chi connectivity index (χ1n) is 7.08. The lowest BCUT2D eigenvalue weighted by molar-refractivity contribution is -0.125. The normalized spacial score (nSPS) is 16.8. The van der Waals surface area contributed by atoms with Crippen LogP contribution in [0.25, 0.3) is 0 Å². The van der Waals surface area contributed by atoms with Gasteiger partial charge in [0.1, 0.15) is 6.33 Å². The fourth-order valence-corrected chi connectivity index (χ4v) is 2.64. The summed E-state index contributed by atoms with van der Waals surface area (Å²) >= 11 is 0. The fraction of sp³-hybridized carbons (Fsp3) is 0.333. The van der Waals surface area contributed by atoms with Gasteiger partial charge in [-0.15, -0.1) is 0 Å². The van der Waals surface area contributed by atoms with Gasteiger partial charge in [0, 0.05) is 12.1 Å². The quantitative estimate of drug-likeness (QED) is 0.898. The van der Waals surface area contributed by atoms with E-state index in [9.17, 15) is 9.59 Å². The molecule has 1 aromatic carbocycles. The largest absolute Gasteiger partial charge is 0.326 e. The minimum absolute atomic E-state index is 0.109. The molecule has 2 heterocycles. The number of hydrogen-bond donors (Lipinski definition) is 2. The third kappa shape index (κ3) is 2.98. The van der Waals surface area contributed by atoms with Gasteiger partial charge in [0.05, 0.1) is 12.5 Å². The molecule has 0 fully saturated rings. The standard InChI is InChI=1S/C15H17N5O2/c1-9-3-10(2)5-12(4-9)18-13(21)6-11-7-20-15(16-8-17-20)19-14(11)22/h3-5,8,11H,6-7H2,1-2H3,(H,18,21)(H,16,17,19,22)/t11-/m1/s1. The van der Waals surface area contributed by atoms with Gasteiger partial charge in [-0.1, -0.05) is 6.07 Å². The van der Waals surface area contributed by atoms with Gasteiger partial charge >= 0.3 is 0 Å². The van der Waals surface area contributed by atoms with Crippen LogP contribution in [0.2, 0.25) is 0 Å². The molecule has 2 amide bonds. The molecule has 22 heavy (non-hydrogen) atoms. The number of benzene rings is 1. The number of hydrogen-bond acceptors (Lipinski definition) is 4. The number of aromatic nitrogens is 3. The van der Waals surface area contributed by atoms with Crippen molar-refractivity contribution in [3.63, 3.8) is 0 Å². The predicted molar refractivity (Wildman–Crippen MR) is 81.3 cm³/mol. The average molecular weight is 299 g/mol. The predicted octanol–water partition coefficient (Wildman–Crippen LogP) is 1.49. The molecule has 7 heteroatoms. The van der Waals surface area contributed by atoms with Crippen molar-refractivity contribution in [1.82, 2.24) is 14.8 Å². The first-order chi connectivity index (χ1) is 10.5. The Kier molecular flexibility index (Phi) is 3.62. The van der Waals surface area contributed by atoms with Gasteiger partial charge in [-0.2, -0.15) is 10.1 Å². The second-order valence-electron chi connectivity index (χ2n) is 5.58. The zero-order valence-corrected chi connectivity index (χ0v) is 12.5. The van der Waals surface area contributed by atoms with Crippen LogP contribution in [-0.2, 0) is 16.1 Å². The molecule has 1 aliphatic rings. The zero-order valence-electron chi connectivity index (χ0n) is 12.5. The molecule has 0 spiro atoms. The minimum atomic E-state index is -0.444. The number of nitrogens with one attached hydrogen (secondary N) is 2. The second-order valence-corrected chi connectivity index (χ2v) is 5.58. The lowest BCUT2D eigenvalue weighted by Crippen LogP contribution is -2.36. The number of rotatable bonds is 3. The van der Waals surface area contributed by atoms with Crippen LogP contribution in [0.5, 0.6) is 0 Å². The highest BCUT2D eigenvalue weighted by Gasteiger charge is 2.29. The molecule has 0 saturated carbocycles. The molecule has 0 unspecified atom stereocenters. The van der Waals surface area contributed by atoms with Crippen LogP contribution in [-0.4, -0.2) is 26.6 Å². The molecule has 7 nitrogen and oxygen atoms in total. The third-order valence-electron chi connectivity index (χ3n) is 3.55. The molecular weight excluding hydrogens is 282 g/mol. The lowest BCUT2D eigenvalue weighted by atomic mass is 10.0. The topological polar surface area (TPSA) is 88.9 Å². The summed E-state index contributed by atoms with van der Waals surface area (Å²) < 4.78 is 1.59. The Morgan fingerprint density at radius 3 is 2.82 bits per heavy atom. The molecule has 114 valence electrons. The van der Waals surface area contributed by atoms with Crippen LogP contribution in [0.4, 0.5) is 11.6 Å². The Hall–Kier alpha value is -2.70. The summed E-state index contributed by atoms with van der Waals surface area (Å²) in [5.74, 6) is -0.402. The van der Waals surface area contributed by atoms with Gasteiger partial charge in [0.15, 0.2) is 0 Å². The molecule has 1 atom stereocenters. The van der Waals surface area contributed by atoms with Gasteiger partial charge < -0.3 is 5.32 Å². The van der Waals surface area contributed by atoms with Crippen molar-refractivity contribution in [2.24, 2.45) is 5.92 Å². The number of carbonyl (C=O) groups excluding carboxylic acids is 2. The van der Waals surface area contributed by atoms with Crippen LogP contribution >= 0.6 is 0 Å². The maximum absolute atomic E-state index is 12.2. The third-order valence-corrected chi connectivity index (χ3v) is 3.55. The molecule has 0 saturated heterocycles. The molecule has 0 bridgehead atoms. The number of aryl methyl sites for hydroxylation is 2. The fourth-order valence-electron chi connectivity index (χ4n) is 2.64. The van der Waals surface area contributed by atoms with Crippen LogP contribution in [0, 0.1) is 19.8 Å². The second kappa shape index (κ2) is 5.59. The summed E-state index contributed by atoms with van der Waals surface area (Å²) in [5, 5.41) is 9.51. The summed E-state index contributed by atoms with van der Waals surface area (Å²) in [6.45, 7) is 4.31. The van der Waals surface area contributed by atoms with Gasteiger partial charge in [-0.25, -0.2) is 4.68 Å². The van der Waals surface area contributed by atoms with E-state index >= 15 is 0 Å². The van der Waals surface area contributed by atoms with E-state index in [0.717, 1.165) is 16.8 Å². The molecule has 0 radical (unpaired) electrons. The van der Waals surface area contributed by atoms with Crippen molar-refractivity contribution in [3.8, 4) is 0 Å². The van der Waals surface area contributed by atoms with Crippen molar-refractivity contribution < 1.29 is 9.59 Å². The van der Waals surface area contributed by atoms with Crippen molar-refractivity contribution in [2.75, 3.05) is 10.6 Å². The molecule has 2 N–H and O–H groups in total. The van der Waals surface area contributed by atoms with Crippen LogP contribution in [0.3, 0.4) is 0 Å². The summed E-state index contributed by atoms with van der Waals surface area (Å²) in [6.07, 6.45) is 1.49. The van der Waals surface area contributed by atoms with Crippen LogP contribution in [0.1, 0.15) is 17.5 Å².